The summed E-state index contributed by atoms with van der Waals surface area (Å²) in [6, 6.07) is 9.98. The van der Waals surface area contributed by atoms with Crippen LogP contribution >= 0.6 is 0 Å². The normalized spacial score (nSPS) is 25.2. The van der Waals surface area contributed by atoms with E-state index in [-0.39, 0.29) is 6.42 Å². The van der Waals surface area contributed by atoms with Crippen molar-refractivity contribution < 1.29 is 24.5 Å². The van der Waals surface area contributed by atoms with Gasteiger partial charge in [0, 0.05) is 12.3 Å². The third kappa shape index (κ3) is 3.74. The minimum absolute atomic E-state index is 0.0267. The van der Waals surface area contributed by atoms with Gasteiger partial charge in [0.05, 0.1) is 13.0 Å². The fourth-order valence-electron chi connectivity index (χ4n) is 2.80. The molecule has 1 saturated heterocycles. The first kappa shape index (κ1) is 18.1. The number of nitrogens with zero attached hydrogens (tertiary/aromatic N) is 1. The molecule has 2 heterocycles. The number of aliphatic hydroxyl groups excluding tert-OH is 2. The Bertz CT molecular complexity index is 876. The van der Waals surface area contributed by atoms with Crippen molar-refractivity contribution in [2.24, 2.45) is 0 Å². The number of aliphatic hydroxyl groups is 2. The molecule has 2 aromatic rings. The Balaban J connectivity index is 1.82. The number of H-pyrrole nitrogens is 1. The van der Waals surface area contributed by atoms with E-state index in [4.69, 9.17) is 9.47 Å². The average molecular weight is 362 g/mol. The first-order chi connectivity index (χ1) is 12.5. The van der Waals surface area contributed by atoms with E-state index >= 15 is 0 Å². The quantitative estimate of drug-likeness (QED) is 0.578. The summed E-state index contributed by atoms with van der Waals surface area (Å²) in [6.45, 7) is -0.525. The van der Waals surface area contributed by atoms with Gasteiger partial charge in [0.25, 0.3) is 5.56 Å². The highest BCUT2D eigenvalue weighted by molar-refractivity contribution is 5.72. The van der Waals surface area contributed by atoms with Crippen molar-refractivity contribution in [1.82, 2.24) is 9.55 Å². The third-order valence-corrected chi connectivity index (χ3v) is 4.08. The largest absolute Gasteiger partial charge is 0.454 e. The van der Waals surface area contributed by atoms with Gasteiger partial charge >= 0.3 is 11.7 Å². The lowest BCUT2D eigenvalue weighted by Crippen LogP contribution is -2.40. The highest BCUT2D eigenvalue weighted by Crippen LogP contribution is 2.30. The maximum absolute atomic E-state index is 12.2. The number of carbonyl (C=O) groups is 1. The Morgan fingerprint density at radius 3 is 2.62 bits per heavy atom. The van der Waals surface area contributed by atoms with Crippen LogP contribution < -0.4 is 11.2 Å². The van der Waals surface area contributed by atoms with Crippen LogP contribution in [0.5, 0.6) is 0 Å². The third-order valence-electron chi connectivity index (χ3n) is 4.08. The van der Waals surface area contributed by atoms with E-state index in [0.29, 0.717) is 0 Å². The molecule has 0 aliphatic carbocycles. The van der Waals surface area contributed by atoms with Gasteiger partial charge in [-0.2, -0.15) is 0 Å². The topological polar surface area (TPSA) is 131 Å². The van der Waals surface area contributed by atoms with Crippen molar-refractivity contribution in [3.63, 3.8) is 0 Å². The van der Waals surface area contributed by atoms with Gasteiger partial charge in [0.1, 0.15) is 12.2 Å². The number of hydrogen-bond donors (Lipinski definition) is 3. The van der Waals surface area contributed by atoms with E-state index in [0.717, 1.165) is 16.2 Å². The molecule has 3 N–H and O–H groups in total. The maximum atomic E-state index is 12.2. The second kappa shape index (κ2) is 7.65. The van der Waals surface area contributed by atoms with Crippen LogP contribution in [0.4, 0.5) is 0 Å². The molecular weight excluding hydrogens is 344 g/mol. The van der Waals surface area contributed by atoms with Crippen LogP contribution in [0.3, 0.4) is 0 Å². The molecule has 1 aliphatic heterocycles. The molecule has 0 spiro atoms. The average Bonchev–Trinajstić information content (AvgIpc) is 2.92. The number of nitrogens with one attached hydrogen (secondary N) is 1. The molecule has 0 unspecified atom stereocenters. The summed E-state index contributed by atoms with van der Waals surface area (Å²) < 4.78 is 11.8. The summed E-state index contributed by atoms with van der Waals surface area (Å²) in [6.07, 6.45) is -3.60. The van der Waals surface area contributed by atoms with Gasteiger partial charge in [-0.1, -0.05) is 30.3 Å². The number of benzene rings is 1. The predicted octanol–water partition coefficient (Wildman–Crippen LogP) is -1.06. The molecule has 1 fully saturated rings. The second-order valence-corrected chi connectivity index (χ2v) is 5.87. The molecule has 0 amide bonds. The zero-order valence-corrected chi connectivity index (χ0v) is 13.6. The predicted molar refractivity (Wildman–Crippen MR) is 88.4 cm³/mol. The molecule has 138 valence electrons. The standard InChI is InChI=1S/C17H18N2O7/c20-9-11-14(23)15(26-13(22)8-10-4-2-1-3-5-10)16(25-11)19-7-6-12(21)18-17(19)24/h1-7,11,14-16,20,23H,8-9H2,(H,18,21,24)/t11-,14-,15-,16-/m1/s1. The first-order valence-corrected chi connectivity index (χ1v) is 7.99. The van der Waals surface area contributed by atoms with Crippen molar-refractivity contribution in [1.29, 1.82) is 0 Å². The Kier molecular flexibility index (Phi) is 5.31. The molecule has 0 radical (unpaired) electrons. The van der Waals surface area contributed by atoms with Crippen molar-refractivity contribution in [3.8, 4) is 0 Å². The molecule has 9 nitrogen and oxygen atoms in total. The highest BCUT2D eigenvalue weighted by atomic mass is 16.6. The molecule has 26 heavy (non-hydrogen) atoms. The summed E-state index contributed by atoms with van der Waals surface area (Å²) in [5, 5.41) is 19.6. The van der Waals surface area contributed by atoms with Crippen molar-refractivity contribution >= 4 is 5.97 Å². The lowest BCUT2D eigenvalue weighted by molar-refractivity contribution is -0.158. The molecule has 9 heteroatoms. The van der Waals surface area contributed by atoms with E-state index in [9.17, 15) is 24.6 Å². The Morgan fingerprint density at radius 1 is 1.23 bits per heavy atom. The van der Waals surface area contributed by atoms with Gasteiger partial charge in [0.2, 0.25) is 0 Å². The van der Waals surface area contributed by atoms with Gasteiger partial charge in [-0.05, 0) is 5.56 Å². The van der Waals surface area contributed by atoms with E-state index in [1.807, 2.05) is 6.07 Å². The van der Waals surface area contributed by atoms with E-state index in [1.54, 1.807) is 24.3 Å². The lowest BCUT2D eigenvalue weighted by atomic mass is 10.1. The van der Waals surface area contributed by atoms with Gasteiger partial charge in [-0.25, -0.2) is 4.79 Å². The molecule has 1 aromatic heterocycles. The van der Waals surface area contributed by atoms with Crippen molar-refractivity contribution in [2.45, 2.75) is 31.0 Å². The molecule has 1 aliphatic rings. The zero-order valence-electron chi connectivity index (χ0n) is 13.6. The van der Waals surface area contributed by atoms with Crippen LogP contribution in [0, 0.1) is 0 Å². The van der Waals surface area contributed by atoms with E-state index < -0.39 is 48.4 Å². The second-order valence-electron chi connectivity index (χ2n) is 5.87. The number of esters is 1. The van der Waals surface area contributed by atoms with Crippen LogP contribution in [-0.4, -0.2) is 50.7 Å². The van der Waals surface area contributed by atoms with E-state index in [1.165, 1.54) is 6.20 Å². The van der Waals surface area contributed by atoms with Gasteiger partial charge in [-0.3, -0.25) is 19.1 Å². The minimum atomic E-state index is -1.33. The fraction of sp³-hybridized carbons (Fsp3) is 0.353. The number of aromatic amines is 1. The molecule has 3 rings (SSSR count). The van der Waals surface area contributed by atoms with E-state index in [2.05, 4.69) is 4.98 Å². The summed E-state index contributed by atoms with van der Waals surface area (Å²) in [7, 11) is 0. The summed E-state index contributed by atoms with van der Waals surface area (Å²) in [5.41, 5.74) is -0.652. The number of aromatic nitrogens is 2. The summed E-state index contributed by atoms with van der Waals surface area (Å²) >= 11 is 0. The molecule has 4 atom stereocenters. The Labute approximate surface area is 147 Å². The van der Waals surface area contributed by atoms with Crippen LogP contribution in [0.25, 0.3) is 0 Å². The molecule has 0 bridgehead atoms. The molecular formula is C17H18N2O7. The zero-order chi connectivity index (χ0) is 18.7. The van der Waals surface area contributed by atoms with Crippen molar-refractivity contribution in [2.75, 3.05) is 6.61 Å². The summed E-state index contributed by atoms with van der Waals surface area (Å²) in [5.74, 6) is -0.620. The number of carbonyl (C=O) groups excluding carboxylic acids is 1. The first-order valence-electron chi connectivity index (χ1n) is 7.99. The molecule has 1 aromatic carbocycles. The Morgan fingerprint density at radius 2 is 1.96 bits per heavy atom. The number of ether oxygens (including phenoxy) is 2. The highest BCUT2D eigenvalue weighted by Gasteiger charge is 2.47. The SMILES string of the molecule is O=C(Cc1ccccc1)O[C@@H]1[C@H](O)[C@@H](CO)O[C@H]1n1ccc(=O)[nH]c1=O. The monoisotopic (exact) mass is 362 g/mol. The van der Waals surface area contributed by atoms with Crippen LogP contribution in [0.1, 0.15) is 11.8 Å². The smallest absolute Gasteiger partial charge is 0.330 e. The van der Waals surface area contributed by atoms with Crippen LogP contribution in [-0.2, 0) is 20.7 Å². The van der Waals surface area contributed by atoms with Crippen LogP contribution in [0.15, 0.2) is 52.2 Å². The van der Waals surface area contributed by atoms with Crippen molar-refractivity contribution in [3.05, 3.63) is 69.0 Å². The fourth-order valence-corrected chi connectivity index (χ4v) is 2.80. The van der Waals surface area contributed by atoms with Crippen LogP contribution in [0.2, 0.25) is 0 Å². The number of hydrogen-bond acceptors (Lipinski definition) is 7. The minimum Gasteiger partial charge on any atom is -0.454 e. The lowest BCUT2D eigenvalue weighted by Gasteiger charge is -2.22. The Hall–Kier alpha value is -2.75. The van der Waals surface area contributed by atoms with Gasteiger partial charge < -0.3 is 19.7 Å². The van der Waals surface area contributed by atoms with Gasteiger partial charge in [-0.15, -0.1) is 0 Å². The molecule has 0 saturated carbocycles. The number of rotatable bonds is 5. The maximum Gasteiger partial charge on any atom is 0.330 e. The summed E-state index contributed by atoms with van der Waals surface area (Å²) in [4.78, 5) is 37.5. The van der Waals surface area contributed by atoms with Gasteiger partial charge in [0.15, 0.2) is 12.3 Å².